The van der Waals surface area contributed by atoms with E-state index in [2.05, 4.69) is 19.9 Å². The van der Waals surface area contributed by atoms with E-state index in [1.165, 1.54) is 0 Å². The molecule has 3 rings (SSSR count). The topological polar surface area (TPSA) is 59.4 Å². The summed E-state index contributed by atoms with van der Waals surface area (Å²) in [7, 11) is 0. The first kappa shape index (κ1) is 11.0. The van der Waals surface area contributed by atoms with Crippen molar-refractivity contribution in [1.82, 2.24) is 24.5 Å². The maximum absolute atomic E-state index is 5.30. The number of rotatable bonds is 2. The molecule has 0 radical (unpaired) electrons. The number of nitrogens with zero attached hydrogens (tertiary/aromatic N) is 4. The highest BCUT2D eigenvalue weighted by atomic mass is 32.1. The molecule has 0 bridgehead atoms. The normalized spacial score (nSPS) is 10.9. The molecule has 6 heteroatoms. The summed E-state index contributed by atoms with van der Waals surface area (Å²) in [6.45, 7) is 2.48. The number of pyridine rings is 1. The summed E-state index contributed by atoms with van der Waals surface area (Å²) in [5.74, 6) is 0. The van der Waals surface area contributed by atoms with E-state index in [1.807, 2.05) is 23.6 Å². The van der Waals surface area contributed by atoms with Crippen LogP contribution in [0, 0.1) is 11.7 Å². The van der Waals surface area contributed by atoms with Crippen LogP contribution in [0.3, 0.4) is 0 Å². The average molecular weight is 257 g/mol. The fraction of sp³-hybridized carbons (Fsp3) is 0.167. The number of hydrogen-bond acceptors (Lipinski definition) is 4. The number of nitrogens with one attached hydrogen (secondary N) is 1. The lowest BCUT2D eigenvalue weighted by Gasteiger charge is -2.03. The van der Waals surface area contributed by atoms with Gasteiger partial charge in [-0.15, -0.1) is 0 Å². The summed E-state index contributed by atoms with van der Waals surface area (Å²) in [5.41, 5.74) is 3.54. The Hall–Kier alpha value is -2.08. The fourth-order valence-corrected chi connectivity index (χ4v) is 2.06. The number of aromatic amines is 1. The quantitative estimate of drug-likeness (QED) is 0.715. The van der Waals surface area contributed by atoms with Crippen molar-refractivity contribution in [2.75, 3.05) is 0 Å². The maximum atomic E-state index is 5.30. The summed E-state index contributed by atoms with van der Waals surface area (Å²) in [6, 6.07) is 3.83. The Kier molecular flexibility index (Phi) is 2.64. The number of aryl methyl sites for hydroxylation is 1. The van der Waals surface area contributed by atoms with E-state index in [0.29, 0.717) is 11.3 Å². The predicted molar refractivity (Wildman–Crippen MR) is 70.8 cm³/mol. The number of fused-ring (bicyclic) bond motifs is 1. The van der Waals surface area contributed by atoms with Gasteiger partial charge in [0.25, 0.3) is 0 Å². The first-order valence-electron chi connectivity index (χ1n) is 5.55. The summed E-state index contributed by atoms with van der Waals surface area (Å²) < 4.78 is 2.57. The molecular formula is C12H11N5S. The van der Waals surface area contributed by atoms with Crippen LogP contribution in [0.4, 0.5) is 0 Å². The number of H-pyrrole nitrogens is 1. The van der Waals surface area contributed by atoms with E-state index < -0.39 is 0 Å². The monoisotopic (exact) mass is 257 g/mol. The zero-order chi connectivity index (χ0) is 12.5. The molecule has 0 saturated heterocycles. The van der Waals surface area contributed by atoms with Crippen LogP contribution >= 0.6 is 12.2 Å². The molecule has 3 heterocycles. The lowest BCUT2D eigenvalue weighted by molar-refractivity contribution is 0.768. The lowest BCUT2D eigenvalue weighted by atomic mass is 10.4. The maximum Gasteiger partial charge on any atom is 0.179 e. The van der Waals surface area contributed by atoms with Crippen LogP contribution in [-0.2, 0) is 6.54 Å². The molecule has 1 N–H and O–H groups in total. The molecule has 0 fully saturated rings. The van der Waals surface area contributed by atoms with Crippen molar-refractivity contribution < 1.29 is 0 Å². The van der Waals surface area contributed by atoms with Crippen molar-refractivity contribution in [3.8, 4) is 0 Å². The summed E-state index contributed by atoms with van der Waals surface area (Å²) in [4.78, 5) is 16.0. The number of aromatic nitrogens is 5. The minimum Gasteiger partial charge on any atom is -0.329 e. The van der Waals surface area contributed by atoms with Crippen LogP contribution in [0.1, 0.15) is 11.4 Å². The molecule has 0 saturated carbocycles. The molecule has 0 amide bonds. The minimum atomic E-state index is 0.573. The van der Waals surface area contributed by atoms with Crippen molar-refractivity contribution in [1.29, 1.82) is 0 Å². The van der Waals surface area contributed by atoms with Crippen LogP contribution in [0.15, 0.2) is 30.7 Å². The third-order valence-electron chi connectivity index (χ3n) is 2.68. The van der Waals surface area contributed by atoms with Crippen molar-refractivity contribution in [3.05, 3.63) is 46.9 Å². The molecule has 0 aliphatic rings. The molecular weight excluding hydrogens is 246 g/mol. The molecule has 0 aliphatic heterocycles. The molecule has 3 aromatic heterocycles. The highest BCUT2D eigenvalue weighted by Crippen LogP contribution is 2.12. The second-order valence-electron chi connectivity index (χ2n) is 4.04. The molecule has 0 aliphatic carbocycles. The minimum absolute atomic E-state index is 0.573. The lowest BCUT2D eigenvalue weighted by Crippen LogP contribution is -2.03. The molecule has 90 valence electrons. The molecule has 18 heavy (non-hydrogen) atoms. The highest BCUT2D eigenvalue weighted by Gasteiger charge is 2.06. The van der Waals surface area contributed by atoms with Gasteiger partial charge in [0.05, 0.1) is 29.6 Å². The second-order valence-corrected chi connectivity index (χ2v) is 4.43. The molecule has 0 aromatic carbocycles. The Morgan fingerprint density at radius 2 is 2.17 bits per heavy atom. The van der Waals surface area contributed by atoms with Gasteiger partial charge in [0.2, 0.25) is 0 Å². The Morgan fingerprint density at radius 1 is 1.28 bits per heavy atom. The van der Waals surface area contributed by atoms with Gasteiger partial charge in [0.1, 0.15) is 0 Å². The van der Waals surface area contributed by atoms with Crippen LogP contribution in [0.5, 0.6) is 0 Å². The zero-order valence-corrected chi connectivity index (χ0v) is 10.6. The Morgan fingerprint density at radius 3 is 2.94 bits per heavy atom. The third kappa shape index (κ3) is 1.91. The Labute approximate surface area is 109 Å². The van der Waals surface area contributed by atoms with Gasteiger partial charge in [0.15, 0.2) is 10.4 Å². The van der Waals surface area contributed by atoms with E-state index in [-0.39, 0.29) is 0 Å². The van der Waals surface area contributed by atoms with Gasteiger partial charge >= 0.3 is 0 Å². The molecule has 5 nitrogen and oxygen atoms in total. The van der Waals surface area contributed by atoms with Crippen LogP contribution in [0.25, 0.3) is 11.2 Å². The molecule has 0 atom stereocenters. The van der Waals surface area contributed by atoms with Crippen molar-refractivity contribution in [2.24, 2.45) is 0 Å². The van der Waals surface area contributed by atoms with E-state index in [1.54, 1.807) is 18.6 Å². The zero-order valence-electron chi connectivity index (χ0n) is 9.79. The van der Waals surface area contributed by atoms with E-state index in [4.69, 9.17) is 12.2 Å². The van der Waals surface area contributed by atoms with Gasteiger partial charge in [-0.1, -0.05) is 0 Å². The second kappa shape index (κ2) is 4.30. The van der Waals surface area contributed by atoms with Gasteiger partial charge in [0, 0.05) is 12.4 Å². The van der Waals surface area contributed by atoms with Gasteiger partial charge in [-0.2, -0.15) is 0 Å². The predicted octanol–water partition coefficient (Wildman–Crippen LogP) is 2.24. The van der Waals surface area contributed by atoms with Crippen molar-refractivity contribution >= 4 is 23.4 Å². The number of imidazole rings is 1. The Bertz CT molecular complexity index is 741. The Balaban J connectivity index is 2.07. The largest absolute Gasteiger partial charge is 0.329 e. The van der Waals surface area contributed by atoms with Gasteiger partial charge in [-0.25, -0.2) is 4.98 Å². The van der Waals surface area contributed by atoms with Crippen molar-refractivity contribution in [3.63, 3.8) is 0 Å². The fourth-order valence-electron chi connectivity index (χ4n) is 1.80. The van der Waals surface area contributed by atoms with Gasteiger partial charge in [-0.05, 0) is 31.3 Å². The third-order valence-corrected chi connectivity index (χ3v) is 3.01. The molecule has 0 unspecified atom stereocenters. The van der Waals surface area contributed by atoms with E-state index in [9.17, 15) is 0 Å². The highest BCUT2D eigenvalue weighted by molar-refractivity contribution is 7.71. The summed E-state index contributed by atoms with van der Waals surface area (Å²) in [6.07, 6.45) is 5.27. The molecule has 0 spiro atoms. The van der Waals surface area contributed by atoms with E-state index in [0.717, 1.165) is 22.6 Å². The van der Waals surface area contributed by atoms with E-state index >= 15 is 0 Å². The first-order chi connectivity index (χ1) is 8.74. The van der Waals surface area contributed by atoms with Gasteiger partial charge in [-0.3, -0.25) is 14.5 Å². The molecule has 3 aromatic rings. The SMILES string of the molecule is Cc1cnc(Cn2c(=S)[nH]c3cccnc32)cn1. The van der Waals surface area contributed by atoms with Crippen LogP contribution in [-0.4, -0.2) is 24.5 Å². The number of hydrogen-bond donors (Lipinski definition) is 1. The first-order valence-corrected chi connectivity index (χ1v) is 5.96. The van der Waals surface area contributed by atoms with Crippen molar-refractivity contribution in [2.45, 2.75) is 13.5 Å². The standard InChI is InChI=1S/C12H11N5S/c1-8-5-15-9(6-14-8)7-17-11-10(16-12(17)18)3-2-4-13-11/h2-6H,7H2,1H3,(H,16,18). The summed E-state index contributed by atoms with van der Waals surface area (Å²) in [5, 5.41) is 0. The smallest absolute Gasteiger partial charge is 0.179 e. The van der Waals surface area contributed by atoms with Crippen LogP contribution < -0.4 is 0 Å². The summed E-state index contributed by atoms with van der Waals surface area (Å²) >= 11 is 5.30. The average Bonchev–Trinajstić information content (AvgIpc) is 2.69. The van der Waals surface area contributed by atoms with Gasteiger partial charge < -0.3 is 4.98 Å². The van der Waals surface area contributed by atoms with Crippen LogP contribution in [0.2, 0.25) is 0 Å².